The molecule has 2 N–H and O–H groups in total. The van der Waals surface area contributed by atoms with Crippen molar-refractivity contribution in [2.75, 3.05) is 5.73 Å². The molecule has 4 heteroatoms. The van der Waals surface area contributed by atoms with Crippen LogP contribution in [0.3, 0.4) is 0 Å². The molecule has 0 bridgehead atoms. The van der Waals surface area contributed by atoms with E-state index in [1.54, 1.807) is 18.2 Å². The van der Waals surface area contributed by atoms with E-state index in [2.05, 4.69) is 5.10 Å². The fourth-order valence-corrected chi connectivity index (χ4v) is 2.08. The van der Waals surface area contributed by atoms with Gasteiger partial charge in [0.05, 0.1) is 11.4 Å². The lowest BCUT2D eigenvalue weighted by molar-refractivity contribution is 0.625. The van der Waals surface area contributed by atoms with Crippen LogP contribution in [0.25, 0.3) is 16.9 Å². The number of nitrogens with two attached hydrogens (primary N) is 1. The third-order valence-corrected chi connectivity index (χ3v) is 3.14. The van der Waals surface area contributed by atoms with Gasteiger partial charge in [0.25, 0.3) is 0 Å². The van der Waals surface area contributed by atoms with Crippen LogP contribution in [0.4, 0.5) is 10.2 Å². The molecule has 3 aromatic rings. The summed E-state index contributed by atoms with van der Waals surface area (Å²) in [5.74, 6) is 0.167. The van der Waals surface area contributed by atoms with Crippen molar-refractivity contribution in [2.24, 2.45) is 0 Å². The molecule has 0 aliphatic carbocycles. The maximum atomic E-state index is 13.3. The normalized spacial score (nSPS) is 10.7. The van der Waals surface area contributed by atoms with Gasteiger partial charge in [0, 0.05) is 11.6 Å². The van der Waals surface area contributed by atoms with Crippen molar-refractivity contribution in [1.29, 1.82) is 0 Å². The number of hydrogen-bond acceptors (Lipinski definition) is 2. The molecule has 2 aromatic carbocycles. The summed E-state index contributed by atoms with van der Waals surface area (Å²) in [6, 6.07) is 16.0. The molecule has 0 unspecified atom stereocenters. The molecule has 3 rings (SSSR count). The summed E-state index contributed by atoms with van der Waals surface area (Å²) in [7, 11) is 0. The molecule has 0 fully saturated rings. The number of halogens is 1. The molecule has 1 aromatic heterocycles. The van der Waals surface area contributed by atoms with Gasteiger partial charge < -0.3 is 5.73 Å². The molecule has 0 radical (unpaired) electrons. The molecule has 0 spiro atoms. The highest BCUT2D eigenvalue weighted by Gasteiger charge is 2.09. The summed E-state index contributed by atoms with van der Waals surface area (Å²) < 4.78 is 14.8. The second-order valence-corrected chi connectivity index (χ2v) is 4.71. The molecule has 1 heterocycles. The Morgan fingerprint density at radius 1 is 1.05 bits per heavy atom. The first-order chi connectivity index (χ1) is 9.63. The lowest BCUT2D eigenvalue weighted by atomic mass is 10.1. The van der Waals surface area contributed by atoms with E-state index in [0.717, 1.165) is 11.3 Å². The Hall–Kier alpha value is -2.62. The standard InChI is InChI=1S/C16H14FN3/c1-11-5-7-12(8-6-11)15-10-16(18)20(19-15)14-4-2-3-13(17)9-14/h2-10H,18H2,1H3. The van der Waals surface area contributed by atoms with Crippen LogP contribution >= 0.6 is 0 Å². The number of aryl methyl sites for hydroxylation is 1. The van der Waals surface area contributed by atoms with E-state index in [0.29, 0.717) is 11.5 Å². The minimum atomic E-state index is -0.311. The molecule has 20 heavy (non-hydrogen) atoms. The van der Waals surface area contributed by atoms with Crippen molar-refractivity contribution < 1.29 is 4.39 Å². The Kier molecular flexibility index (Phi) is 2.99. The summed E-state index contributed by atoms with van der Waals surface area (Å²) in [5.41, 5.74) is 9.52. The highest BCUT2D eigenvalue weighted by atomic mass is 19.1. The van der Waals surface area contributed by atoms with Crippen LogP contribution < -0.4 is 5.73 Å². The summed E-state index contributed by atoms with van der Waals surface area (Å²) in [4.78, 5) is 0. The first-order valence-corrected chi connectivity index (χ1v) is 6.32. The maximum absolute atomic E-state index is 13.3. The quantitative estimate of drug-likeness (QED) is 0.771. The van der Waals surface area contributed by atoms with Gasteiger partial charge in [-0.1, -0.05) is 35.9 Å². The minimum absolute atomic E-state index is 0.311. The lowest BCUT2D eigenvalue weighted by Crippen LogP contribution is -2.01. The number of benzene rings is 2. The first kappa shape index (κ1) is 12.4. The third kappa shape index (κ3) is 2.28. The molecule has 0 aliphatic heterocycles. The van der Waals surface area contributed by atoms with Crippen LogP contribution in [0.2, 0.25) is 0 Å². The molecular weight excluding hydrogens is 253 g/mol. The highest BCUT2D eigenvalue weighted by Crippen LogP contribution is 2.23. The van der Waals surface area contributed by atoms with Crippen molar-refractivity contribution in [3.05, 3.63) is 66.0 Å². The van der Waals surface area contributed by atoms with Gasteiger partial charge in [-0.2, -0.15) is 5.10 Å². The highest BCUT2D eigenvalue weighted by molar-refractivity contribution is 5.63. The van der Waals surface area contributed by atoms with Crippen molar-refractivity contribution in [2.45, 2.75) is 6.92 Å². The molecule has 100 valence electrons. The van der Waals surface area contributed by atoms with Crippen LogP contribution in [0, 0.1) is 12.7 Å². The topological polar surface area (TPSA) is 43.8 Å². The molecular formula is C16H14FN3. The van der Waals surface area contributed by atoms with E-state index < -0.39 is 0 Å². The van der Waals surface area contributed by atoms with Crippen LogP contribution in [0.1, 0.15) is 5.56 Å². The number of nitrogens with zero attached hydrogens (tertiary/aromatic N) is 2. The van der Waals surface area contributed by atoms with E-state index >= 15 is 0 Å². The molecule has 3 nitrogen and oxygen atoms in total. The van der Waals surface area contributed by atoms with Crippen molar-refractivity contribution in [3.63, 3.8) is 0 Å². The van der Waals surface area contributed by atoms with Crippen molar-refractivity contribution in [1.82, 2.24) is 9.78 Å². The molecule has 0 atom stereocenters. The lowest BCUT2D eigenvalue weighted by Gasteiger charge is -2.03. The van der Waals surface area contributed by atoms with Gasteiger partial charge >= 0.3 is 0 Å². The first-order valence-electron chi connectivity index (χ1n) is 6.32. The van der Waals surface area contributed by atoms with Crippen LogP contribution in [-0.2, 0) is 0 Å². The zero-order chi connectivity index (χ0) is 14.1. The zero-order valence-electron chi connectivity index (χ0n) is 11.0. The summed E-state index contributed by atoms with van der Waals surface area (Å²) in [5, 5.41) is 4.45. The minimum Gasteiger partial charge on any atom is -0.384 e. The Morgan fingerprint density at radius 3 is 2.50 bits per heavy atom. The summed E-state index contributed by atoms with van der Waals surface area (Å²) in [6.07, 6.45) is 0. The second kappa shape index (κ2) is 4.81. The zero-order valence-corrected chi connectivity index (χ0v) is 11.0. The van der Waals surface area contributed by atoms with E-state index in [9.17, 15) is 4.39 Å². The van der Waals surface area contributed by atoms with Gasteiger partial charge in [-0.25, -0.2) is 9.07 Å². The molecule has 0 aliphatic rings. The average Bonchev–Trinajstić information content (AvgIpc) is 2.82. The Balaban J connectivity index is 2.05. The van der Waals surface area contributed by atoms with Gasteiger partial charge in [0.1, 0.15) is 11.6 Å². The Labute approximate surface area is 116 Å². The Bertz CT molecular complexity index is 745. The second-order valence-electron chi connectivity index (χ2n) is 4.71. The summed E-state index contributed by atoms with van der Waals surface area (Å²) >= 11 is 0. The monoisotopic (exact) mass is 267 g/mol. The van der Waals surface area contributed by atoms with Gasteiger partial charge in [-0.3, -0.25) is 0 Å². The number of nitrogen functional groups attached to an aromatic ring is 1. The summed E-state index contributed by atoms with van der Waals surface area (Å²) in [6.45, 7) is 2.03. The van der Waals surface area contributed by atoms with Gasteiger partial charge in [-0.15, -0.1) is 0 Å². The maximum Gasteiger partial charge on any atom is 0.127 e. The van der Waals surface area contributed by atoms with Gasteiger partial charge in [-0.05, 0) is 25.1 Å². The molecule has 0 amide bonds. The van der Waals surface area contributed by atoms with Crippen LogP contribution in [-0.4, -0.2) is 9.78 Å². The number of anilines is 1. The largest absolute Gasteiger partial charge is 0.384 e. The van der Waals surface area contributed by atoms with Crippen molar-refractivity contribution >= 4 is 5.82 Å². The number of rotatable bonds is 2. The van der Waals surface area contributed by atoms with Gasteiger partial charge in [0.15, 0.2) is 0 Å². The van der Waals surface area contributed by atoms with Crippen LogP contribution in [0.5, 0.6) is 0 Å². The van der Waals surface area contributed by atoms with E-state index in [4.69, 9.17) is 5.73 Å². The third-order valence-electron chi connectivity index (χ3n) is 3.14. The SMILES string of the molecule is Cc1ccc(-c2cc(N)n(-c3cccc(F)c3)n2)cc1. The van der Waals surface area contributed by atoms with E-state index in [-0.39, 0.29) is 5.82 Å². The Morgan fingerprint density at radius 2 is 1.80 bits per heavy atom. The molecule has 0 saturated carbocycles. The number of aromatic nitrogens is 2. The van der Waals surface area contributed by atoms with Crippen molar-refractivity contribution in [3.8, 4) is 16.9 Å². The van der Waals surface area contributed by atoms with Crippen LogP contribution in [0.15, 0.2) is 54.6 Å². The number of hydrogen-bond donors (Lipinski definition) is 1. The molecule has 0 saturated heterocycles. The van der Waals surface area contributed by atoms with Gasteiger partial charge in [0.2, 0.25) is 0 Å². The predicted molar refractivity (Wildman–Crippen MR) is 78.1 cm³/mol. The average molecular weight is 267 g/mol. The fourth-order valence-electron chi connectivity index (χ4n) is 2.08. The predicted octanol–water partition coefficient (Wildman–Crippen LogP) is 3.57. The van der Waals surface area contributed by atoms with E-state index in [1.165, 1.54) is 22.4 Å². The van der Waals surface area contributed by atoms with E-state index in [1.807, 2.05) is 31.2 Å². The smallest absolute Gasteiger partial charge is 0.127 e. The fraction of sp³-hybridized carbons (Fsp3) is 0.0625.